The molecule has 1 aliphatic carbocycles. The molecule has 1 atom stereocenters. The van der Waals surface area contributed by atoms with Gasteiger partial charge in [0.15, 0.2) is 5.78 Å². The molecule has 0 fully saturated rings. The van der Waals surface area contributed by atoms with Gasteiger partial charge in [-0.15, -0.1) is 0 Å². The summed E-state index contributed by atoms with van der Waals surface area (Å²) >= 11 is 3.42. The normalized spacial score (nSPS) is 17.0. The van der Waals surface area contributed by atoms with Gasteiger partial charge in [-0.25, -0.2) is 4.79 Å². The van der Waals surface area contributed by atoms with Crippen LogP contribution in [0.4, 0.5) is 5.69 Å². The number of nitrogens with one attached hydrogen (secondary N) is 1. The van der Waals surface area contributed by atoms with Gasteiger partial charge in [-0.2, -0.15) is 0 Å². The van der Waals surface area contributed by atoms with Gasteiger partial charge in [-0.3, -0.25) is 4.79 Å². The highest BCUT2D eigenvalue weighted by atomic mass is 79.9. The number of allylic oxidation sites excluding steroid dienone is 2. The van der Waals surface area contributed by atoms with Gasteiger partial charge in [-0.1, -0.05) is 42.5 Å². The second-order valence-corrected chi connectivity index (χ2v) is 6.67. The van der Waals surface area contributed by atoms with E-state index in [1.54, 1.807) is 12.1 Å². The average Bonchev–Trinajstić information content (AvgIpc) is 2.65. The molecule has 0 aliphatic heterocycles. The molecule has 0 heterocycles. The Labute approximate surface area is 155 Å². The second kappa shape index (κ2) is 7.66. The fourth-order valence-corrected chi connectivity index (χ4v) is 3.46. The smallest absolute Gasteiger partial charge is 0.339 e. The van der Waals surface area contributed by atoms with Crippen LogP contribution < -0.4 is 5.32 Å². The molecule has 0 aromatic heterocycles. The molecular formula is C20H18BrNO3. The van der Waals surface area contributed by atoms with Gasteiger partial charge in [0.2, 0.25) is 0 Å². The van der Waals surface area contributed by atoms with Crippen molar-refractivity contribution in [3.63, 3.8) is 0 Å². The summed E-state index contributed by atoms with van der Waals surface area (Å²) in [5, 5.41) is 3.15. The summed E-state index contributed by atoms with van der Waals surface area (Å²) in [5.41, 5.74) is 2.83. The largest absolute Gasteiger partial charge is 0.465 e. The lowest BCUT2D eigenvalue weighted by Crippen LogP contribution is -2.20. The fraction of sp³-hybridized carbons (Fsp3) is 0.200. The number of rotatable bonds is 4. The van der Waals surface area contributed by atoms with Crippen LogP contribution in [0.1, 0.15) is 34.7 Å². The molecule has 1 N–H and O–H groups in total. The summed E-state index contributed by atoms with van der Waals surface area (Å²) < 4.78 is 5.35. The molecule has 2 aromatic rings. The van der Waals surface area contributed by atoms with Gasteiger partial charge in [0, 0.05) is 6.42 Å². The third-order valence-corrected chi connectivity index (χ3v) is 5.14. The number of halogens is 1. The van der Waals surface area contributed by atoms with E-state index in [1.165, 1.54) is 12.7 Å². The molecule has 4 nitrogen and oxygen atoms in total. The SMILES string of the molecule is COC(=O)c1cccc(NC2=CCC(c3ccccc3)CC2=O)c1Br. The number of hydrogen-bond donors (Lipinski definition) is 1. The van der Waals surface area contributed by atoms with Crippen molar-refractivity contribution in [2.24, 2.45) is 0 Å². The minimum atomic E-state index is -0.427. The zero-order chi connectivity index (χ0) is 17.8. The highest BCUT2D eigenvalue weighted by Gasteiger charge is 2.24. The predicted octanol–water partition coefficient (Wildman–Crippen LogP) is 4.68. The monoisotopic (exact) mass is 399 g/mol. The molecule has 3 rings (SSSR count). The number of hydrogen-bond acceptors (Lipinski definition) is 4. The third kappa shape index (κ3) is 3.82. The summed E-state index contributed by atoms with van der Waals surface area (Å²) in [7, 11) is 1.34. The molecule has 0 bridgehead atoms. The Bertz CT molecular complexity index is 830. The topological polar surface area (TPSA) is 55.4 Å². The van der Waals surface area contributed by atoms with Gasteiger partial charge in [0.05, 0.1) is 28.5 Å². The van der Waals surface area contributed by atoms with E-state index < -0.39 is 5.97 Å². The van der Waals surface area contributed by atoms with E-state index in [-0.39, 0.29) is 11.7 Å². The highest BCUT2D eigenvalue weighted by molar-refractivity contribution is 9.10. The maximum atomic E-state index is 12.5. The third-order valence-electron chi connectivity index (χ3n) is 4.28. The van der Waals surface area contributed by atoms with Crippen molar-refractivity contribution in [3.05, 3.63) is 75.9 Å². The Kier molecular flexibility index (Phi) is 5.34. The molecular weight excluding hydrogens is 382 g/mol. The van der Waals surface area contributed by atoms with Crippen molar-refractivity contribution in [2.75, 3.05) is 12.4 Å². The first-order valence-corrected chi connectivity index (χ1v) is 8.81. The lowest BCUT2D eigenvalue weighted by molar-refractivity contribution is -0.116. The van der Waals surface area contributed by atoms with Gasteiger partial charge >= 0.3 is 5.97 Å². The van der Waals surface area contributed by atoms with Gasteiger partial charge in [-0.05, 0) is 46.0 Å². The van der Waals surface area contributed by atoms with Crippen LogP contribution in [-0.4, -0.2) is 18.9 Å². The maximum Gasteiger partial charge on any atom is 0.339 e. The van der Waals surface area contributed by atoms with Crippen LogP contribution in [0.15, 0.2) is 64.8 Å². The molecule has 0 spiro atoms. The van der Waals surface area contributed by atoms with Crippen LogP contribution >= 0.6 is 15.9 Å². The summed E-state index contributed by atoms with van der Waals surface area (Å²) in [6.07, 6.45) is 3.20. The Morgan fingerprint density at radius 2 is 1.92 bits per heavy atom. The first kappa shape index (κ1) is 17.4. The Morgan fingerprint density at radius 1 is 1.16 bits per heavy atom. The van der Waals surface area contributed by atoms with Crippen LogP contribution in [0.5, 0.6) is 0 Å². The number of benzene rings is 2. The summed E-state index contributed by atoms with van der Waals surface area (Å²) in [5.74, 6) is -0.150. The number of methoxy groups -OCH3 is 1. The first-order valence-electron chi connectivity index (χ1n) is 8.02. The van der Waals surface area contributed by atoms with Crippen molar-refractivity contribution >= 4 is 33.4 Å². The van der Waals surface area contributed by atoms with Crippen LogP contribution in [0.3, 0.4) is 0 Å². The number of Topliss-reactive ketones (excluding diaryl/α,β-unsaturated/α-hetero) is 1. The van der Waals surface area contributed by atoms with E-state index in [4.69, 9.17) is 4.74 Å². The van der Waals surface area contributed by atoms with Gasteiger partial charge in [0.25, 0.3) is 0 Å². The van der Waals surface area contributed by atoms with Gasteiger partial charge in [0.1, 0.15) is 0 Å². The molecule has 1 unspecified atom stereocenters. The van der Waals surface area contributed by atoms with Crippen molar-refractivity contribution < 1.29 is 14.3 Å². The molecule has 0 radical (unpaired) electrons. The summed E-state index contributed by atoms with van der Waals surface area (Å²) in [6.45, 7) is 0. The van der Waals surface area contributed by atoms with E-state index in [1.807, 2.05) is 30.3 Å². The van der Waals surface area contributed by atoms with E-state index in [2.05, 4.69) is 33.4 Å². The lowest BCUT2D eigenvalue weighted by Gasteiger charge is -2.22. The zero-order valence-electron chi connectivity index (χ0n) is 13.8. The number of ether oxygens (including phenoxy) is 1. The van der Waals surface area contributed by atoms with Crippen LogP contribution in [0.25, 0.3) is 0 Å². The number of ketones is 1. The molecule has 25 heavy (non-hydrogen) atoms. The quantitative estimate of drug-likeness (QED) is 0.758. The van der Waals surface area contributed by atoms with E-state index >= 15 is 0 Å². The predicted molar refractivity (Wildman–Crippen MR) is 101 cm³/mol. The average molecular weight is 400 g/mol. The molecule has 0 saturated heterocycles. The highest BCUT2D eigenvalue weighted by Crippen LogP contribution is 2.33. The van der Waals surface area contributed by atoms with E-state index in [0.717, 1.165) is 6.42 Å². The van der Waals surface area contributed by atoms with Crippen LogP contribution in [-0.2, 0) is 9.53 Å². The molecule has 1 aliphatic rings. The first-order chi connectivity index (χ1) is 12.1. The van der Waals surface area contributed by atoms with Crippen molar-refractivity contribution in [3.8, 4) is 0 Å². The summed E-state index contributed by atoms with van der Waals surface area (Å²) in [6, 6.07) is 15.3. The molecule has 128 valence electrons. The fourth-order valence-electron chi connectivity index (χ4n) is 2.93. The summed E-state index contributed by atoms with van der Waals surface area (Å²) in [4.78, 5) is 24.3. The van der Waals surface area contributed by atoms with Crippen molar-refractivity contribution in [1.82, 2.24) is 0 Å². The Balaban J connectivity index is 1.79. The maximum absolute atomic E-state index is 12.5. The number of anilines is 1. The molecule has 2 aromatic carbocycles. The zero-order valence-corrected chi connectivity index (χ0v) is 15.4. The second-order valence-electron chi connectivity index (χ2n) is 5.87. The number of carbonyl (C=O) groups excluding carboxylic acids is 2. The Morgan fingerprint density at radius 3 is 2.60 bits per heavy atom. The van der Waals surface area contributed by atoms with Crippen LogP contribution in [0.2, 0.25) is 0 Å². The number of carbonyl (C=O) groups is 2. The van der Waals surface area contributed by atoms with Crippen molar-refractivity contribution in [1.29, 1.82) is 0 Å². The minimum Gasteiger partial charge on any atom is -0.465 e. The lowest BCUT2D eigenvalue weighted by atomic mass is 9.86. The van der Waals surface area contributed by atoms with E-state index in [9.17, 15) is 9.59 Å². The molecule has 5 heteroatoms. The Hall–Kier alpha value is -2.40. The minimum absolute atomic E-state index is 0.0653. The molecule has 0 amide bonds. The molecule has 0 saturated carbocycles. The standard InChI is InChI=1S/C20H18BrNO3/c1-25-20(24)15-8-5-9-17(19(15)21)22-16-11-10-14(12-18(16)23)13-6-3-2-4-7-13/h2-9,11,14,22H,10,12H2,1H3. The van der Waals surface area contributed by atoms with Gasteiger partial charge < -0.3 is 10.1 Å². The van der Waals surface area contributed by atoms with Crippen molar-refractivity contribution in [2.45, 2.75) is 18.8 Å². The van der Waals surface area contributed by atoms with E-state index in [0.29, 0.717) is 27.8 Å². The number of esters is 1. The van der Waals surface area contributed by atoms with Crippen LogP contribution in [0, 0.1) is 0 Å².